The molecule has 4 saturated heterocycles. The van der Waals surface area contributed by atoms with Crippen LogP contribution in [0.15, 0.2) is 12.2 Å². The number of nitrogens with two attached hydrogens (primary N) is 3. The van der Waals surface area contributed by atoms with Gasteiger partial charge in [0.2, 0.25) is 5.91 Å². The van der Waals surface area contributed by atoms with Crippen molar-refractivity contribution in [3.8, 4) is 12.3 Å². The number of likely N-dealkylation sites (tertiary alicyclic amines) is 2. The number of terminal acetylenes is 1. The van der Waals surface area contributed by atoms with Gasteiger partial charge in [-0.2, -0.15) is 0 Å². The molecule has 0 radical (unpaired) electrons. The van der Waals surface area contributed by atoms with Gasteiger partial charge in [0.1, 0.15) is 62.3 Å². The van der Waals surface area contributed by atoms with E-state index in [1.807, 2.05) is 19.1 Å². The Morgan fingerprint density at radius 2 is 1.38 bits per heavy atom. The summed E-state index contributed by atoms with van der Waals surface area (Å²) in [6.07, 6.45) is 6.47. The average molecular weight is 1200 g/mol. The maximum absolute atomic E-state index is 14.2. The van der Waals surface area contributed by atoms with E-state index in [4.69, 9.17) is 23.6 Å². The molecule has 2 bridgehead atoms. The highest BCUT2D eigenvalue weighted by atomic mass is 16.3. The first-order valence-corrected chi connectivity index (χ1v) is 31.4. The molecule has 6 rings (SSSR count). The van der Waals surface area contributed by atoms with Crippen molar-refractivity contribution < 1.29 is 61.0 Å². The van der Waals surface area contributed by atoms with Crippen molar-refractivity contribution in [2.24, 2.45) is 29.0 Å². The summed E-state index contributed by atoms with van der Waals surface area (Å²) in [5, 5.41) is 157. The lowest BCUT2D eigenvalue weighted by atomic mass is 9.84. The van der Waals surface area contributed by atoms with Gasteiger partial charge in [0, 0.05) is 63.3 Å². The van der Waals surface area contributed by atoms with E-state index in [2.05, 4.69) is 64.6 Å². The zero-order valence-corrected chi connectivity index (χ0v) is 49.4. The van der Waals surface area contributed by atoms with E-state index in [9.17, 15) is 61.0 Å². The van der Waals surface area contributed by atoms with Crippen molar-refractivity contribution in [3.05, 3.63) is 12.2 Å². The topological polar surface area (TPSA) is 476 Å². The number of amides is 1. The lowest BCUT2D eigenvalue weighted by molar-refractivity contribution is -0.134. The lowest BCUT2D eigenvalue weighted by Crippen LogP contribution is -2.65. The number of fused-ring (bicyclic) bond motifs is 4. The molecule has 0 aromatic rings. The summed E-state index contributed by atoms with van der Waals surface area (Å²) in [5.41, 5.74) is 24.7. The van der Waals surface area contributed by atoms with Crippen LogP contribution in [-0.4, -0.2) is 240 Å². The molecule has 1 saturated carbocycles. The fourth-order valence-corrected chi connectivity index (χ4v) is 13.2. The van der Waals surface area contributed by atoms with E-state index >= 15 is 0 Å². The maximum atomic E-state index is 14.2. The second-order valence-corrected chi connectivity index (χ2v) is 24.6. The van der Waals surface area contributed by atoms with Crippen LogP contribution in [0.2, 0.25) is 0 Å². The zero-order valence-electron chi connectivity index (χ0n) is 49.4. The minimum Gasteiger partial charge on any atom is -0.396 e. The number of allylic oxidation sites excluding steroid dienone is 2. The predicted octanol–water partition coefficient (Wildman–Crippen LogP) is -6.38. The Hall–Kier alpha value is -2.27. The highest BCUT2D eigenvalue weighted by Crippen LogP contribution is 2.33. The number of hydrogen-bond donors (Lipinski definition) is 25. The summed E-state index contributed by atoms with van der Waals surface area (Å²) in [5.74, 6) is 1.68. The fourth-order valence-electron chi connectivity index (χ4n) is 13.2. The first-order chi connectivity index (χ1) is 40.3. The summed E-state index contributed by atoms with van der Waals surface area (Å²) >= 11 is 0. The first kappa shape index (κ1) is 70.8. The predicted molar refractivity (Wildman–Crippen MR) is 315 cm³/mol. The SMILES string of the molecule is C#CCCC(N)NCCC1NC(O)C(CC2CCCCC2)NC(O)C(CC2NN2)NC(O)C(N)CNC(=O)CC2CC=CCCC(NC1O)C(O)NC2C(O)N1CCCC1C(O)N1CCCC1C(O)NC(CCC)C(O)NC(CCO)C(N)O. The van der Waals surface area contributed by atoms with Gasteiger partial charge in [0.05, 0.1) is 48.6 Å². The highest BCUT2D eigenvalue weighted by Gasteiger charge is 2.47. The van der Waals surface area contributed by atoms with Gasteiger partial charge in [0.25, 0.3) is 0 Å². The molecule has 28 N–H and O–H groups in total. The third-order valence-corrected chi connectivity index (χ3v) is 18.2. The highest BCUT2D eigenvalue weighted by molar-refractivity contribution is 5.76. The Morgan fingerprint density at radius 3 is 2.05 bits per heavy atom. The van der Waals surface area contributed by atoms with Crippen LogP contribution in [0.1, 0.15) is 142 Å². The molecule has 486 valence electrons. The van der Waals surface area contributed by atoms with E-state index in [-0.39, 0.29) is 50.9 Å². The van der Waals surface area contributed by atoms with E-state index < -0.39 is 141 Å². The van der Waals surface area contributed by atoms with Crippen molar-refractivity contribution >= 4 is 5.91 Å². The average Bonchev–Trinajstić information content (AvgIpc) is 3.43. The molecule has 5 heterocycles. The minimum absolute atomic E-state index is 0.0812. The van der Waals surface area contributed by atoms with E-state index in [1.54, 1.807) is 9.80 Å². The first-order valence-electron chi connectivity index (χ1n) is 31.4. The standard InChI is InChI=1S/C56H110N16O12/c1-3-5-21-43(58)60-24-22-38-50(78)63-37-18-11-7-10-17-33(29-45(74)61-31-34(57)48(76)66-40(30-44-69-70-44)53(81)67-39(52(80)64-38)28-32-15-8-6-9-16-32)46(68-51(37)79)56(84)72-26-13-20-42(72)55(83)71-25-12-19-41(71)54(82)65-36(14-4-2)49(77)62-35(23-27-73)47(59)75/h1,7,10,32-44,46-56,60,62-70,73,75-84H,4-6,8-9,11-31,57-59H2,2H3,(H,61,74). The molecule has 5 aliphatic heterocycles. The number of aliphatic hydroxyl groups excluding tert-OH is 11. The van der Waals surface area contributed by atoms with Gasteiger partial charge >= 0.3 is 0 Å². The minimum atomic E-state index is -1.45. The number of hydrazine groups is 1. The lowest BCUT2D eigenvalue weighted by Gasteiger charge is -2.44. The third-order valence-electron chi connectivity index (χ3n) is 18.2. The Labute approximate surface area is 497 Å². The van der Waals surface area contributed by atoms with Gasteiger partial charge in [-0.25, -0.2) is 10.9 Å². The molecule has 0 spiro atoms. The van der Waals surface area contributed by atoms with Crippen LogP contribution in [0.3, 0.4) is 0 Å². The summed E-state index contributed by atoms with van der Waals surface area (Å²) < 4.78 is 0. The number of aliphatic hydroxyl groups is 11. The smallest absolute Gasteiger partial charge is 0.220 e. The Bertz CT molecular complexity index is 1930. The molecule has 0 aromatic carbocycles. The molecule has 28 nitrogen and oxygen atoms in total. The van der Waals surface area contributed by atoms with E-state index in [0.29, 0.717) is 96.7 Å². The Kier molecular flexibility index (Phi) is 30.7. The molecular formula is C56H110N16O12. The molecule has 1 aliphatic carbocycles. The van der Waals surface area contributed by atoms with Crippen molar-refractivity contribution in [1.29, 1.82) is 0 Å². The van der Waals surface area contributed by atoms with Crippen LogP contribution in [0.4, 0.5) is 0 Å². The number of carbonyl (C=O) groups excluding carboxylic acids is 1. The zero-order chi connectivity index (χ0) is 60.9. The van der Waals surface area contributed by atoms with Gasteiger partial charge < -0.3 is 84.0 Å². The summed E-state index contributed by atoms with van der Waals surface area (Å²) in [4.78, 5) is 17.8. The second kappa shape index (κ2) is 36.4. The monoisotopic (exact) mass is 1200 g/mol. The van der Waals surface area contributed by atoms with Gasteiger partial charge in [-0.3, -0.25) is 51.8 Å². The summed E-state index contributed by atoms with van der Waals surface area (Å²) in [6.45, 7) is 2.50. The van der Waals surface area contributed by atoms with Crippen LogP contribution >= 0.6 is 0 Å². The second-order valence-electron chi connectivity index (χ2n) is 24.6. The van der Waals surface area contributed by atoms with Crippen LogP contribution in [0, 0.1) is 24.2 Å². The Balaban J connectivity index is 1.28. The Morgan fingerprint density at radius 1 is 0.726 bits per heavy atom. The van der Waals surface area contributed by atoms with Gasteiger partial charge in [-0.15, -0.1) is 12.3 Å². The molecule has 22 atom stereocenters. The van der Waals surface area contributed by atoms with Crippen LogP contribution in [-0.2, 0) is 4.79 Å². The van der Waals surface area contributed by atoms with Crippen LogP contribution in [0.5, 0.6) is 0 Å². The van der Waals surface area contributed by atoms with Gasteiger partial charge in [0.15, 0.2) is 0 Å². The summed E-state index contributed by atoms with van der Waals surface area (Å²) in [6, 6.07) is -8.27. The quantitative estimate of drug-likeness (QED) is 0.0175. The number of carbonyl (C=O) groups is 1. The number of rotatable bonds is 25. The summed E-state index contributed by atoms with van der Waals surface area (Å²) in [7, 11) is 0. The molecule has 6 aliphatic rings. The van der Waals surface area contributed by atoms with Crippen molar-refractivity contribution in [3.63, 3.8) is 0 Å². The van der Waals surface area contributed by atoms with Crippen LogP contribution in [0.25, 0.3) is 0 Å². The molecule has 1 amide bonds. The molecule has 0 aromatic heterocycles. The number of hydrogen-bond acceptors (Lipinski definition) is 27. The van der Waals surface area contributed by atoms with Gasteiger partial charge in [-0.05, 0) is 102 Å². The number of nitrogens with one attached hydrogen (secondary N) is 11. The maximum Gasteiger partial charge on any atom is 0.220 e. The van der Waals surface area contributed by atoms with Crippen molar-refractivity contribution in [2.75, 3.05) is 32.8 Å². The molecule has 22 unspecified atom stereocenters. The third kappa shape index (κ3) is 22.0. The largest absolute Gasteiger partial charge is 0.396 e. The van der Waals surface area contributed by atoms with Crippen LogP contribution < -0.4 is 75.9 Å². The van der Waals surface area contributed by atoms with E-state index in [1.165, 1.54) is 0 Å². The molecule has 5 fully saturated rings. The van der Waals surface area contributed by atoms with Crippen molar-refractivity contribution in [2.45, 2.75) is 277 Å². The fraction of sp³-hybridized carbons (Fsp3) is 0.911. The molecular weight excluding hydrogens is 1090 g/mol. The molecule has 28 heteroatoms. The molecule has 84 heavy (non-hydrogen) atoms. The van der Waals surface area contributed by atoms with Gasteiger partial charge in [-0.1, -0.05) is 57.6 Å². The van der Waals surface area contributed by atoms with Crippen molar-refractivity contribution in [1.82, 2.24) is 68.5 Å². The normalized spacial score (nSPS) is 35.8. The van der Waals surface area contributed by atoms with E-state index in [0.717, 1.165) is 32.1 Å². The number of nitrogens with zero attached hydrogens (tertiary/aromatic N) is 2.